The van der Waals surface area contributed by atoms with Gasteiger partial charge in [0.2, 0.25) is 0 Å². The van der Waals surface area contributed by atoms with Crippen molar-refractivity contribution in [2.24, 2.45) is 0 Å². The second-order valence-electron chi connectivity index (χ2n) is 13.4. The average Bonchev–Trinajstić information content (AvgIpc) is 3.55. The number of benzene rings is 8. The van der Waals surface area contributed by atoms with Crippen LogP contribution in [0.25, 0.3) is 49.7 Å². The Morgan fingerprint density at radius 1 is 0.442 bits per heavy atom. The van der Waals surface area contributed by atoms with E-state index >= 15 is 0 Å². The van der Waals surface area contributed by atoms with Crippen LogP contribution in [0.5, 0.6) is 11.5 Å². The Morgan fingerprint density at radius 3 is 1.85 bits per heavy atom. The number of halogens is 1. The van der Waals surface area contributed by atoms with Gasteiger partial charge in [-0.2, -0.15) is 0 Å². The van der Waals surface area contributed by atoms with Crippen LogP contribution in [-0.2, 0) is 0 Å². The molecule has 52 heavy (non-hydrogen) atoms. The number of nitrogens with zero attached hydrogens (tertiary/aromatic N) is 1. The van der Waals surface area contributed by atoms with Crippen molar-refractivity contribution >= 4 is 66.6 Å². The molecule has 0 aliphatic carbocycles. The second kappa shape index (κ2) is 12.4. The Labute approximate surface area is 312 Å². The molecule has 9 aromatic rings. The lowest BCUT2D eigenvalue weighted by Crippen LogP contribution is -2.76. The quantitative estimate of drug-likeness (QED) is 0.160. The molecule has 1 aromatic heterocycles. The Kier molecular flexibility index (Phi) is 7.34. The van der Waals surface area contributed by atoms with E-state index in [0.29, 0.717) is 0 Å². The molecule has 0 radical (unpaired) electrons. The van der Waals surface area contributed by atoms with E-state index in [4.69, 9.17) is 4.74 Å². The molecule has 1 aliphatic rings. The Bertz CT molecular complexity index is 2740. The average molecular weight is 747 g/mol. The Morgan fingerprint density at radius 2 is 1.06 bits per heavy atom. The molecule has 1 aliphatic heterocycles. The maximum atomic E-state index is 6.73. The normalized spacial score (nSPS) is 14.9. The van der Waals surface area contributed by atoms with E-state index in [9.17, 15) is 0 Å². The van der Waals surface area contributed by atoms with Crippen LogP contribution < -0.4 is 25.5 Å². The smallest absolute Gasteiger partial charge is 0.188 e. The molecule has 8 aromatic carbocycles. The van der Waals surface area contributed by atoms with Gasteiger partial charge in [0.15, 0.2) is 8.07 Å². The third kappa shape index (κ3) is 4.68. The zero-order chi connectivity index (χ0) is 34.6. The third-order valence-electron chi connectivity index (χ3n) is 10.6. The Hall–Kier alpha value is -5.94. The van der Waals surface area contributed by atoms with Gasteiger partial charge in [-0.3, -0.25) is 0 Å². The van der Waals surface area contributed by atoms with Crippen molar-refractivity contribution in [3.05, 3.63) is 199 Å². The number of hydrogen-bond donors (Lipinski definition) is 0. The van der Waals surface area contributed by atoms with Crippen LogP contribution in [0.1, 0.15) is 0 Å². The SMILES string of the molecule is Brc1cccc2c1Oc1ccccc1[Si]2(c1ccc(-c2ccccc2-n2c3ccccc3c3ccccc32)cc1)c1cccc(-c2ccccc2)c1. The number of rotatable bonds is 5. The van der Waals surface area contributed by atoms with Crippen LogP contribution in [0, 0.1) is 0 Å². The molecular weight excluding hydrogens is 715 g/mol. The van der Waals surface area contributed by atoms with Gasteiger partial charge in [0.05, 0.1) is 21.2 Å². The Balaban J connectivity index is 1.21. The van der Waals surface area contributed by atoms with E-state index in [1.807, 2.05) is 0 Å². The van der Waals surface area contributed by atoms with Gasteiger partial charge < -0.3 is 9.30 Å². The van der Waals surface area contributed by atoms with Gasteiger partial charge in [0, 0.05) is 16.3 Å². The molecule has 2 nitrogen and oxygen atoms in total. The molecule has 10 rings (SSSR count). The summed E-state index contributed by atoms with van der Waals surface area (Å²) in [5, 5.41) is 7.65. The summed E-state index contributed by atoms with van der Waals surface area (Å²) in [6.07, 6.45) is 0. The van der Waals surface area contributed by atoms with Crippen molar-refractivity contribution in [3.8, 4) is 39.4 Å². The second-order valence-corrected chi connectivity index (χ2v) is 18.0. The first-order valence-corrected chi connectivity index (χ1v) is 20.4. The highest BCUT2D eigenvalue weighted by Gasteiger charge is 2.48. The fraction of sp³-hybridized carbons (Fsp3) is 0. The van der Waals surface area contributed by atoms with Gasteiger partial charge in [0.25, 0.3) is 0 Å². The van der Waals surface area contributed by atoms with Gasteiger partial charge in [-0.25, -0.2) is 0 Å². The van der Waals surface area contributed by atoms with E-state index in [1.54, 1.807) is 0 Å². The minimum Gasteiger partial charge on any atom is -0.456 e. The first-order chi connectivity index (χ1) is 25.7. The third-order valence-corrected chi connectivity index (χ3v) is 16.1. The predicted octanol–water partition coefficient (Wildman–Crippen LogP) is 10.4. The van der Waals surface area contributed by atoms with Crippen LogP contribution in [-0.4, -0.2) is 12.6 Å². The largest absolute Gasteiger partial charge is 0.456 e. The number of hydrogen-bond acceptors (Lipinski definition) is 1. The summed E-state index contributed by atoms with van der Waals surface area (Å²) in [7, 11) is -2.90. The van der Waals surface area contributed by atoms with Crippen LogP contribution >= 0.6 is 15.9 Å². The van der Waals surface area contributed by atoms with Crippen molar-refractivity contribution in [1.82, 2.24) is 4.57 Å². The van der Waals surface area contributed by atoms with Crippen LogP contribution in [0.4, 0.5) is 0 Å². The van der Waals surface area contributed by atoms with Crippen LogP contribution in [0.15, 0.2) is 199 Å². The highest BCUT2D eigenvalue weighted by molar-refractivity contribution is 9.10. The summed E-state index contributed by atoms with van der Waals surface area (Å²) in [5.74, 6) is 1.82. The van der Waals surface area contributed by atoms with Crippen molar-refractivity contribution in [2.75, 3.05) is 0 Å². The first-order valence-electron chi connectivity index (χ1n) is 17.6. The number of fused-ring (bicyclic) bond motifs is 5. The summed E-state index contributed by atoms with van der Waals surface area (Å²) >= 11 is 3.88. The standard InChI is InChI=1S/C48H32BrNOSi/c49-41-21-13-27-47-48(41)51-45-25-10-11-26-46(45)52(47,37-17-12-16-35(32-37)33-14-2-1-3-15-33)36-30-28-34(29-31-36)38-18-4-7-22-42(38)50-43-23-8-5-19-39(43)40-20-6-9-24-44(40)50/h1-32H. The molecule has 1 unspecified atom stereocenters. The van der Waals surface area contributed by atoms with Crippen LogP contribution in [0.3, 0.4) is 0 Å². The first kappa shape index (κ1) is 30.8. The molecule has 0 saturated heterocycles. The molecule has 4 heteroatoms. The minimum atomic E-state index is -2.90. The summed E-state index contributed by atoms with van der Waals surface area (Å²) in [4.78, 5) is 0. The number of aromatic nitrogens is 1. The molecule has 0 saturated carbocycles. The number of ether oxygens (including phenoxy) is 1. The molecule has 0 N–H and O–H groups in total. The van der Waals surface area contributed by atoms with Crippen molar-refractivity contribution < 1.29 is 4.74 Å². The van der Waals surface area contributed by atoms with Gasteiger partial charge in [-0.05, 0) is 83.7 Å². The monoisotopic (exact) mass is 745 g/mol. The van der Waals surface area contributed by atoms with Crippen LogP contribution in [0.2, 0.25) is 0 Å². The molecule has 0 amide bonds. The molecule has 0 bridgehead atoms. The van der Waals surface area contributed by atoms with Crippen molar-refractivity contribution in [2.45, 2.75) is 0 Å². The lowest BCUT2D eigenvalue weighted by Gasteiger charge is -2.40. The molecular formula is C48H32BrNOSi. The molecule has 0 fully saturated rings. The van der Waals surface area contributed by atoms with E-state index in [-0.39, 0.29) is 0 Å². The van der Waals surface area contributed by atoms with Gasteiger partial charge >= 0.3 is 0 Å². The molecule has 246 valence electrons. The lowest BCUT2D eigenvalue weighted by atomic mass is 10.0. The highest BCUT2D eigenvalue weighted by Crippen LogP contribution is 2.37. The highest BCUT2D eigenvalue weighted by atomic mass is 79.9. The maximum Gasteiger partial charge on any atom is 0.188 e. The summed E-state index contributed by atoms with van der Waals surface area (Å²) in [6.45, 7) is 0. The van der Waals surface area contributed by atoms with Crippen molar-refractivity contribution in [3.63, 3.8) is 0 Å². The predicted molar refractivity (Wildman–Crippen MR) is 223 cm³/mol. The summed E-state index contributed by atoms with van der Waals surface area (Å²) in [5.41, 5.74) is 8.37. The van der Waals surface area contributed by atoms with E-state index in [1.165, 1.54) is 70.5 Å². The summed E-state index contributed by atoms with van der Waals surface area (Å²) < 4.78 is 10.1. The van der Waals surface area contributed by atoms with E-state index < -0.39 is 8.07 Å². The van der Waals surface area contributed by atoms with Gasteiger partial charge in [-0.1, -0.05) is 164 Å². The fourth-order valence-electron chi connectivity index (χ4n) is 8.37. The zero-order valence-electron chi connectivity index (χ0n) is 28.2. The van der Waals surface area contributed by atoms with Gasteiger partial charge in [0.1, 0.15) is 11.5 Å². The lowest BCUT2D eigenvalue weighted by molar-refractivity contribution is 0.484. The minimum absolute atomic E-state index is 0.902. The summed E-state index contributed by atoms with van der Waals surface area (Å²) in [6, 6.07) is 70.7. The maximum absolute atomic E-state index is 6.73. The van der Waals surface area contributed by atoms with E-state index in [0.717, 1.165) is 16.0 Å². The molecule has 2 heterocycles. The van der Waals surface area contributed by atoms with Gasteiger partial charge in [-0.15, -0.1) is 0 Å². The molecule has 1 atom stereocenters. The zero-order valence-corrected chi connectivity index (χ0v) is 30.8. The molecule has 0 spiro atoms. The van der Waals surface area contributed by atoms with Crippen molar-refractivity contribution in [1.29, 1.82) is 0 Å². The topological polar surface area (TPSA) is 14.2 Å². The van der Waals surface area contributed by atoms with E-state index in [2.05, 4.69) is 215 Å². The fourth-order valence-corrected chi connectivity index (χ4v) is 14.0. The number of para-hydroxylation sites is 5.